The van der Waals surface area contributed by atoms with Gasteiger partial charge in [-0.2, -0.15) is 0 Å². The molecule has 0 spiro atoms. The number of hydrogen-bond donors (Lipinski definition) is 2. The molecule has 0 bridgehead atoms. The van der Waals surface area contributed by atoms with Crippen LogP contribution < -0.4 is 10.6 Å². The Morgan fingerprint density at radius 2 is 2.33 bits per heavy atom. The molecule has 0 saturated carbocycles. The van der Waals surface area contributed by atoms with Crippen LogP contribution in [-0.2, 0) is 4.79 Å². The lowest BCUT2D eigenvalue weighted by Crippen LogP contribution is -2.39. The number of hydrogen-bond acceptors (Lipinski definition) is 3. The van der Waals surface area contributed by atoms with Crippen molar-refractivity contribution in [2.45, 2.75) is 38.6 Å². The van der Waals surface area contributed by atoms with Crippen molar-refractivity contribution < 1.29 is 4.79 Å². The molecule has 0 radical (unpaired) electrons. The molecule has 2 rings (SSSR count). The fraction of sp³-hybridized carbons (Fsp3) is 0.538. The minimum Gasteiger partial charge on any atom is -0.322 e. The summed E-state index contributed by atoms with van der Waals surface area (Å²) in [5, 5.41) is 6.45. The Bertz CT molecular complexity index is 428. The first-order valence-corrected chi connectivity index (χ1v) is 6.71. The molecule has 1 amide bonds. The van der Waals surface area contributed by atoms with E-state index in [1.807, 2.05) is 13.0 Å². The fourth-order valence-corrected chi connectivity index (χ4v) is 2.26. The molecule has 1 aliphatic rings. The number of aryl methyl sites for hydroxylation is 1. The standard InChI is InChI=1S/C13H18ClN3O/c1-9-7-11(12(14)16-8-9)17-13(18)10-5-3-2-4-6-15-10/h7-8,10,15H,2-6H2,1H3,(H,17,18). The van der Waals surface area contributed by atoms with Gasteiger partial charge in [-0.1, -0.05) is 24.4 Å². The predicted molar refractivity (Wildman–Crippen MR) is 72.9 cm³/mol. The maximum atomic E-state index is 12.1. The highest BCUT2D eigenvalue weighted by atomic mass is 35.5. The molecule has 1 atom stereocenters. The second-order valence-electron chi connectivity index (χ2n) is 4.70. The van der Waals surface area contributed by atoms with Crippen LogP contribution in [0.1, 0.15) is 31.2 Å². The second kappa shape index (κ2) is 6.16. The lowest BCUT2D eigenvalue weighted by atomic mass is 10.1. The summed E-state index contributed by atoms with van der Waals surface area (Å²) >= 11 is 5.97. The van der Waals surface area contributed by atoms with Crippen molar-refractivity contribution in [1.29, 1.82) is 0 Å². The monoisotopic (exact) mass is 267 g/mol. The Morgan fingerprint density at radius 1 is 1.50 bits per heavy atom. The van der Waals surface area contributed by atoms with Crippen LogP contribution in [-0.4, -0.2) is 23.5 Å². The molecule has 4 nitrogen and oxygen atoms in total. The molecule has 1 aromatic rings. The molecule has 98 valence electrons. The number of carbonyl (C=O) groups excluding carboxylic acids is 1. The number of rotatable bonds is 2. The molecule has 1 aromatic heterocycles. The van der Waals surface area contributed by atoms with Gasteiger partial charge in [0.15, 0.2) is 5.15 Å². The van der Waals surface area contributed by atoms with Crippen molar-refractivity contribution in [3.8, 4) is 0 Å². The zero-order valence-electron chi connectivity index (χ0n) is 10.5. The van der Waals surface area contributed by atoms with Crippen LogP contribution in [0.2, 0.25) is 5.15 Å². The van der Waals surface area contributed by atoms with Gasteiger partial charge >= 0.3 is 0 Å². The van der Waals surface area contributed by atoms with E-state index in [4.69, 9.17) is 11.6 Å². The number of carbonyl (C=O) groups is 1. The van der Waals surface area contributed by atoms with E-state index in [-0.39, 0.29) is 11.9 Å². The molecule has 1 aliphatic heterocycles. The van der Waals surface area contributed by atoms with Crippen molar-refractivity contribution in [3.05, 3.63) is 23.0 Å². The average Bonchev–Trinajstić information content (AvgIpc) is 2.62. The summed E-state index contributed by atoms with van der Waals surface area (Å²) in [7, 11) is 0. The summed E-state index contributed by atoms with van der Waals surface area (Å²) in [4.78, 5) is 16.1. The van der Waals surface area contributed by atoms with Gasteiger partial charge in [0.1, 0.15) is 0 Å². The Morgan fingerprint density at radius 3 is 3.17 bits per heavy atom. The second-order valence-corrected chi connectivity index (χ2v) is 5.05. The van der Waals surface area contributed by atoms with Gasteiger partial charge in [0, 0.05) is 6.20 Å². The van der Waals surface area contributed by atoms with E-state index in [0.29, 0.717) is 10.8 Å². The summed E-state index contributed by atoms with van der Waals surface area (Å²) in [6.07, 6.45) is 5.97. The van der Waals surface area contributed by atoms with Crippen molar-refractivity contribution >= 4 is 23.2 Å². The van der Waals surface area contributed by atoms with Crippen LogP contribution in [0.25, 0.3) is 0 Å². The minimum absolute atomic E-state index is 0.0220. The molecule has 0 aromatic carbocycles. The van der Waals surface area contributed by atoms with E-state index in [1.165, 1.54) is 6.42 Å². The van der Waals surface area contributed by atoms with Gasteiger partial charge in [-0.25, -0.2) is 4.98 Å². The molecule has 0 aliphatic carbocycles. The summed E-state index contributed by atoms with van der Waals surface area (Å²) < 4.78 is 0. The molecule has 1 saturated heterocycles. The maximum absolute atomic E-state index is 12.1. The number of nitrogens with one attached hydrogen (secondary N) is 2. The topological polar surface area (TPSA) is 54.0 Å². The normalized spacial score (nSPS) is 20.2. The summed E-state index contributed by atoms with van der Waals surface area (Å²) in [5.74, 6) is -0.0220. The van der Waals surface area contributed by atoms with Crippen molar-refractivity contribution in [3.63, 3.8) is 0 Å². The Labute approximate surface area is 112 Å². The molecule has 2 heterocycles. The number of anilines is 1. The maximum Gasteiger partial charge on any atom is 0.241 e. The first-order valence-electron chi connectivity index (χ1n) is 6.33. The van der Waals surface area contributed by atoms with Gasteiger partial charge in [-0.05, 0) is 37.9 Å². The summed E-state index contributed by atoms with van der Waals surface area (Å²) in [6.45, 7) is 2.82. The zero-order valence-corrected chi connectivity index (χ0v) is 11.3. The number of nitrogens with zero attached hydrogens (tertiary/aromatic N) is 1. The molecular weight excluding hydrogens is 250 g/mol. The Kier molecular flexibility index (Phi) is 4.55. The first-order chi connectivity index (χ1) is 8.66. The highest BCUT2D eigenvalue weighted by molar-refractivity contribution is 6.32. The molecular formula is C13H18ClN3O. The lowest BCUT2D eigenvalue weighted by molar-refractivity contribution is -0.118. The molecule has 1 unspecified atom stereocenters. The van der Waals surface area contributed by atoms with E-state index in [1.54, 1.807) is 6.20 Å². The van der Waals surface area contributed by atoms with E-state index in [0.717, 1.165) is 31.4 Å². The third-order valence-electron chi connectivity index (χ3n) is 3.11. The van der Waals surface area contributed by atoms with Gasteiger partial charge in [0.2, 0.25) is 5.91 Å². The van der Waals surface area contributed by atoms with E-state index in [9.17, 15) is 4.79 Å². The van der Waals surface area contributed by atoms with Gasteiger partial charge in [0.25, 0.3) is 0 Å². The number of halogens is 1. The molecule has 2 N–H and O–H groups in total. The fourth-order valence-electron chi connectivity index (χ4n) is 2.11. The quantitative estimate of drug-likeness (QED) is 0.810. The zero-order chi connectivity index (χ0) is 13.0. The van der Waals surface area contributed by atoms with Crippen molar-refractivity contribution in [1.82, 2.24) is 10.3 Å². The van der Waals surface area contributed by atoms with Gasteiger partial charge in [-0.15, -0.1) is 0 Å². The average molecular weight is 268 g/mol. The first kappa shape index (κ1) is 13.3. The predicted octanol–water partition coefficient (Wildman–Crippen LogP) is 2.51. The Hall–Kier alpha value is -1.13. The van der Waals surface area contributed by atoms with Crippen LogP contribution in [0.3, 0.4) is 0 Å². The van der Waals surface area contributed by atoms with E-state index in [2.05, 4.69) is 15.6 Å². The van der Waals surface area contributed by atoms with Crippen LogP contribution in [0.4, 0.5) is 5.69 Å². The number of aromatic nitrogens is 1. The Balaban J connectivity index is 2.03. The summed E-state index contributed by atoms with van der Waals surface area (Å²) in [6, 6.07) is 1.72. The van der Waals surface area contributed by atoms with Crippen molar-refractivity contribution in [2.75, 3.05) is 11.9 Å². The van der Waals surface area contributed by atoms with Crippen LogP contribution in [0.5, 0.6) is 0 Å². The largest absolute Gasteiger partial charge is 0.322 e. The highest BCUT2D eigenvalue weighted by Crippen LogP contribution is 2.20. The van der Waals surface area contributed by atoms with E-state index >= 15 is 0 Å². The highest BCUT2D eigenvalue weighted by Gasteiger charge is 2.20. The third-order valence-corrected chi connectivity index (χ3v) is 3.41. The molecule has 1 fully saturated rings. The van der Waals surface area contributed by atoms with Crippen molar-refractivity contribution in [2.24, 2.45) is 0 Å². The van der Waals surface area contributed by atoms with E-state index < -0.39 is 0 Å². The van der Waals surface area contributed by atoms with Crippen LogP contribution in [0, 0.1) is 6.92 Å². The smallest absolute Gasteiger partial charge is 0.241 e. The van der Waals surface area contributed by atoms with Gasteiger partial charge < -0.3 is 10.6 Å². The summed E-state index contributed by atoms with van der Waals surface area (Å²) in [5.41, 5.74) is 1.57. The number of amides is 1. The minimum atomic E-state index is -0.121. The van der Waals surface area contributed by atoms with Gasteiger partial charge in [0.05, 0.1) is 11.7 Å². The van der Waals surface area contributed by atoms with Crippen LogP contribution >= 0.6 is 11.6 Å². The van der Waals surface area contributed by atoms with Crippen LogP contribution in [0.15, 0.2) is 12.3 Å². The number of pyridine rings is 1. The SMILES string of the molecule is Cc1cnc(Cl)c(NC(=O)C2CCCCCN2)c1. The lowest BCUT2D eigenvalue weighted by Gasteiger charge is -2.16. The molecule has 18 heavy (non-hydrogen) atoms. The molecule has 5 heteroatoms. The van der Waals surface area contributed by atoms with Gasteiger partial charge in [-0.3, -0.25) is 4.79 Å². The third kappa shape index (κ3) is 3.43.